The first-order chi connectivity index (χ1) is 7.27. The molecular weight excluding hydrogens is 190 g/mol. The third-order valence-corrected chi connectivity index (χ3v) is 2.06. The highest BCUT2D eigenvalue weighted by molar-refractivity contribution is 5.57. The van der Waals surface area contributed by atoms with E-state index in [9.17, 15) is 5.11 Å². The molecule has 0 aromatic heterocycles. The maximum atomic E-state index is 9.52. The molecule has 0 spiro atoms. The van der Waals surface area contributed by atoms with Gasteiger partial charge in [0.05, 0.1) is 13.7 Å². The van der Waals surface area contributed by atoms with Crippen LogP contribution in [0, 0.1) is 0 Å². The predicted octanol–water partition coefficient (Wildman–Crippen LogP) is 2.77. The zero-order chi connectivity index (χ0) is 11.1. The molecule has 0 atom stereocenters. The van der Waals surface area contributed by atoms with Crippen molar-refractivity contribution in [1.82, 2.24) is 0 Å². The molecule has 1 aromatic rings. The molecule has 1 N–H and O–H groups in total. The first-order valence-electron chi connectivity index (χ1n) is 5.12. The maximum absolute atomic E-state index is 9.52. The summed E-state index contributed by atoms with van der Waals surface area (Å²) >= 11 is 0. The van der Waals surface area contributed by atoms with Gasteiger partial charge >= 0.3 is 0 Å². The first kappa shape index (κ1) is 11.6. The van der Waals surface area contributed by atoms with Crippen LogP contribution in [0.1, 0.15) is 25.3 Å². The van der Waals surface area contributed by atoms with Crippen molar-refractivity contribution in [2.24, 2.45) is 4.99 Å². The zero-order valence-electron chi connectivity index (χ0n) is 9.23. The topological polar surface area (TPSA) is 41.8 Å². The van der Waals surface area contributed by atoms with Crippen LogP contribution in [-0.4, -0.2) is 18.4 Å². The van der Waals surface area contributed by atoms with Crippen molar-refractivity contribution in [3.8, 4) is 11.5 Å². The molecule has 0 aliphatic heterocycles. The number of benzene rings is 1. The Morgan fingerprint density at radius 3 is 2.87 bits per heavy atom. The molecule has 0 saturated carbocycles. The Morgan fingerprint density at radius 2 is 2.27 bits per heavy atom. The molecule has 0 unspecified atom stereocenters. The van der Waals surface area contributed by atoms with Gasteiger partial charge in [-0.3, -0.25) is 4.99 Å². The lowest BCUT2D eigenvalue weighted by molar-refractivity contribution is 0.373. The van der Waals surface area contributed by atoms with E-state index in [1.807, 2.05) is 12.3 Å². The second-order valence-electron chi connectivity index (χ2n) is 3.32. The van der Waals surface area contributed by atoms with Gasteiger partial charge < -0.3 is 9.84 Å². The molecule has 0 heterocycles. The summed E-state index contributed by atoms with van der Waals surface area (Å²) in [5, 5.41) is 9.52. The van der Waals surface area contributed by atoms with Gasteiger partial charge in [0.1, 0.15) is 0 Å². The molecule has 0 aliphatic carbocycles. The van der Waals surface area contributed by atoms with Gasteiger partial charge in [-0.05, 0) is 30.3 Å². The average Bonchev–Trinajstić information content (AvgIpc) is 2.25. The van der Waals surface area contributed by atoms with Crippen molar-refractivity contribution >= 4 is 6.21 Å². The van der Waals surface area contributed by atoms with E-state index in [1.165, 1.54) is 7.11 Å². The summed E-state index contributed by atoms with van der Waals surface area (Å²) < 4.78 is 4.95. The lowest BCUT2D eigenvalue weighted by Crippen LogP contribution is -1.86. The number of ether oxygens (including phenoxy) is 1. The summed E-state index contributed by atoms with van der Waals surface area (Å²) in [6, 6.07) is 5.34. The molecule has 0 amide bonds. The number of phenols is 1. The quantitative estimate of drug-likeness (QED) is 0.754. The van der Waals surface area contributed by atoms with Crippen LogP contribution in [0.3, 0.4) is 0 Å². The number of aromatic hydroxyl groups is 1. The highest BCUT2D eigenvalue weighted by Gasteiger charge is 2.00. The van der Waals surface area contributed by atoms with Gasteiger partial charge in [0.2, 0.25) is 0 Å². The number of methoxy groups -OCH3 is 1. The molecule has 1 aromatic carbocycles. The summed E-state index contributed by atoms with van der Waals surface area (Å²) in [7, 11) is 1.54. The van der Waals surface area contributed by atoms with Crippen molar-refractivity contribution < 1.29 is 9.84 Å². The highest BCUT2D eigenvalue weighted by Crippen LogP contribution is 2.26. The lowest BCUT2D eigenvalue weighted by atomic mass is 10.2. The molecule has 0 saturated heterocycles. The van der Waals surface area contributed by atoms with Gasteiger partial charge in [-0.2, -0.15) is 0 Å². The van der Waals surface area contributed by atoms with E-state index in [0.29, 0.717) is 12.3 Å². The minimum Gasteiger partial charge on any atom is -0.504 e. The van der Waals surface area contributed by atoms with E-state index >= 15 is 0 Å². The van der Waals surface area contributed by atoms with E-state index in [4.69, 9.17) is 4.74 Å². The summed E-state index contributed by atoms with van der Waals surface area (Å²) in [6.45, 7) is 2.72. The molecule has 3 heteroatoms. The predicted molar refractivity (Wildman–Crippen MR) is 61.8 cm³/mol. The molecule has 0 bridgehead atoms. The Kier molecular flexibility index (Phi) is 4.68. The smallest absolute Gasteiger partial charge is 0.160 e. The summed E-state index contributed by atoms with van der Waals surface area (Å²) in [6.07, 6.45) is 4.03. The van der Waals surface area contributed by atoms with Crippen molar-refractivity contribution in [2.75, 3.05) is 7.11 Å². The Balaban J connectivity index is 2.59. The van der Waals surface area contributed by atoms with E-state index in [1.54, 1.807) is 12.1 Å². The van der Waals surface area contributed by atoms with Gasteiger partial charge in [0.15, 0.2) is 11.5 Å². The number of unbranched alkanes of at least 4 members (excludes halogenated alkanes) is 1. The van der Waals surface area contributed by atoms with Gasteiger partial charge in [-0.25, -0.2) is 0 Å². The standard InChI is InChI=1S/C12H17NO2/c1-3-4-7-13-9-10-5-6-12(15-2)11(14)8-10/h5-8,14H,3-4,9H2,1-2H3. The fraction of sp³-hybridized carbons (Fsp3) is 0.417. The lowest BCUT2D eigenvalue weighted by Gasteiger charge is -2.04. The van der Waals surface area contributed by atoms with E-state index in [-0.39, 0.29) is 5.75 Å². The summed E-state index contributed by atoms with van der Waals surface area (Å²) in [5.74, 6) is 0.664. The number of aliphatic imine (C=N–C) groups is 1. The highest BCUT2D eigenvalue weighted by atomic mass is 16.5. The van der Waals surface area contributed by atoms with Gasteiger partial charge in [-0.15, -0.1) is 0 Å². The molecule has 3 nitrogen and oxygen atoms in total. The zero-order valence-corrected chi connectivity index (χ0v) is 9.23. The molecule has 1 rings (SSSR count). The minimum absolute atomic E-state index is 0.167. The van der Waals surface area contributed by atoms with Gasteiger partial charge in [-0.1, -0.05) is 19.4 Å². The average molecular weight is 207 g/mol. The molecule has 82 valence electrons. The fourth-order valence-corrected chi connectivity index (χ4v) is 1.22. The van der Waals surface area contributed by atoms with E-state index in [2.05, 4.69) is 11.9 Å². The first-order valence-corrected chi connectivity index (χ1v) is 5.12. The minimum atomic E-state index is 0.167. The van der Waals surface area contributed by atoms with E-state index < -0.39 is 0 Å². The molecule has 0 radical (unpaired) electrons. The van der Waals surface area contributed by atoms with Crippen LogP contribution < -0.4 is 4.74 Å². The van der Waals surface area contributed by atoms with Crippen LogP contribution in [0.15, 0.2) is 23.2 Å². The Bertz CT molecular complexity index is 334. The maximum Gasteiger partial charge on any atom is 0.160 e. The van der Waals surface area contributed by atoms with Crippen LogP contribution in [0.2, 0.25) is 0 Å². The Hall–Kier alpha value is -1.51. The second kappa shape index (κ2) is 6.06. The SMILES string of the molecule is CCCC=NCc1ccc(OC)c(O)c1. The number of hydrogen-bond donors (Lipinski definition) is 1. The largest absolute Gasteiger partial charge is 0.504 e. The van der Waals surface area contributed by atoms with Crippen molar-refractivity contribution in [3.63, 3.8) is 0 Å². The van der Waals surface area contributed by atoms with Crippen molar-refractivity contribution in [3.05, 3.63) is 23.8 Å². The third-order valence-electron chi connectivity index (χ3n) is 2.06. The monoisotopic (exact) mass is 207 g/mol. The van der Waals surface area contributed by atoms with Crippen LogP contribution in [0.5, 0.6) is 11.5 Å². The Morgan fingerprint density at radius 1 is 1.47 bits per heavy atom. The second-order valence-corrected chi connectivity index (χ2v) is 3.32. The number of rotatable bonds is 5. The van der Waals surface area contributed by atoms with Crippen LogP contribution in [-0.2, 0) is 6.54 Å². The van der Waals surface area contributed by atoms with Gasteiger partial charge in [0, 0.05) is 0 Å². The van der Waals surface area contributed by atoms with Crippen molar-refractivity contribution in [1.29, 1.82) is 0 Å². The van der Waals surface area contributed by atoms with Crippen LogP contribution >= 0.6 is 0 Å². The number of hydrogen-bond acceptors (Lipinski definition) is 3. The summed E-state index contributed by atoms with van der Waals surface area (Å²) in [4.78, 5) is 4.25. The number of nitrogens with zero attached hydrogens (tertiary/aromatic N) is 1. The third kappa shape index (κ3) is 3.62. The van der Waals surface area contributed by atoms with Crippen LogP contribution in [0.25, 0.3) is 0 Å². The fourth-order valence-electron chi connectivity index (χ4n) is 1.22. The molecular formula is C12H17NO2. The molecule has 0 fully saturated rings. The molecule has 0 aliphatic rings. The van der Waals surface area contributed by atoms with Crippen molar-refractivity contribution in [2.45, 2.75) is 26.3 Å². The Labute approximate surface area is 90.4 Å². The summed E-state index contributed by atoms with van der Waals surface area (Å²) in [5.41, 5.74) is 0.987. The van der Waals surface area contributed by atoms with Crippen LogP contribution in [0.4, 0.5) is 0 Å². The number of phenolic OH excluding ortho intramolecular Hbond substituents is 1. The normalized spacial score (nSPS) is 10.8. The molecule has 15 heavy (non-hydrogen) atoms. The van der Waals surface area contributed by atoms with Gasteiger partial charge in [0.25, 0.3) is 0 Å². The van der Waals surface area contributed by atoms with E-state index in [0.717, 1.165) is 18.4 Å².